The fourth-order valence-corrected chi connectivity index (χ4v) is 2.21. The fraction of sp³-hybridized carbons (Fsp3) is 0.333. The van der Waals surface area contributed by atoms with Crippen molar-refractivity contribution in [1.82, 2.24) is 9.36 Å². The summed E-state index contributed by atoms with van der Waals surface area (Å²) in [7, 11) is 0. The lowest BCUT2D eigenvalue weighted by atomic mass is 10.1. The van der Waals surface area contributed by atoms with Gasteiger partial charge < -0.3 is 5.32 Å². The molecule has 2 aromatic rings. The Morgan fingerprint density at radius 1 is 1.35 bits per heavy atom. The average molecular weight is 251 g/mol. The smallest absolute Gasteiger partial charge is 0.203 e. The first kappa shape index (κ1) is 12.0. The molecule has 1 aromatic heterocycles. The molecule has 2 rings (SSSR count). The highest BCUT2D eigenvalue weighted by molar-refractivity contribution is 7.09. The maximum Gasteiger partial charge on any atom is 0.203 e. The highest BCUT2D eigenvalue weighted by Crippen LogP contribution is 2.20. The minimum atomic E-state index is -0.217. The summed E-state index contributed by atoms with van der Waals surface area (Å²) in [5.41, 5.74) is 1.03. The predicted octanol–water partition coefficient (Wildman–Crippen LogP) is 3.41. The van der Waals surface area contributed by atoms with E-state index in [9.17, 15) is 4.39 Å². The number of rotatable bonds is 4. The van der Waals surface area contributed by atoms with Crippen LogP contribution in [0.5, 0.6) is 0 Å². The van der Waals surface area contributed by atoms with E-state index < -0.39 is 0 Å². The number of nitrogens with one attached hydrogen (secondary N) is 1. The Kier molecular flexibility index (Phi) is 3.68. The summed E-state index contributed by atoms with van der Waals surface area (Å²) in [6.45, 7) is 4.04. The minimum absolute atomic E-state index is 0.0910. The number of halogens is 1. The van der Waals surface area contributed by atoms with Crippen molar-refractivity contribution >= 4 is 16.7 Å². The number of aromatic nitrogens is 2. The first-order valence-corrected chi connectivity index (χ1v) is 6.31. The molecule has 3 nitrogen and oxygen atoms in total. The molecule has 90 valence electrons. The molecule has 5 heteroatoms. The summed E-state index contributed by atoms with van der Waals surface area (Å²) in [6, 6.07) is 6.56. The standard InChI is InChI=1S/C12H14FN3S/c1-3-11-15-12(17-16-11)14-8(2)9-4-6-10(13)7-5-9/h4-8H,3H2,1-2H3,(H,14,15,16). The Morgan fingerprint density at radius 3 is 2.65 bits per heavy atom. The molecule has 0 aliphatic heterocycles. The Bertz CT molecular complexity index is 481. The van der Waals surface area contributed by atoms with Crippen molar-refractivity contribution in [1.29, 1.82) is 0 Å². The van der Waals surface area contributed by atoms with E-state index in [1.165, 1.54) is 23.7 Å². The van der Waals surface area contributed by atoms with E-state index in [0.29, 0.717) is 0 Å². The largest absolute Gasteiger partial charge is 0.354 e. The van der Waals surface area contributed by atoms with Gasteiger partial charge in [-0.3, -0.25) is 0 Å². The third-order valence-corrected chi connectivity index (χ3v) is 3.18. The van der Waals surface area contributed by atoms with Crippen molar-refractivity contribution in [3.63, 3.8) is 0 Å². The van der Waals surface area contributed by atoms with Crippen LogP contribution in [0.4, 0.5) is 9.52 Å². The SMILES string of the molecule is CCc1nsc(NC(C)c2ccc(F)cc2)n1. The van der Waals surface area contributed by atoms with Crippen molar-refractivity contribution in [2.45, 2.75) is 26.3 Å². The minimum Gasteiger partial charge on any atom is -0.354 e. The molecule has 1 atom stereocenters. The second-order valence-corrected chi connectivity index (χ2v) is 4.54. The van der Waals surface area contributed by atoms with Gasteiger partial charge in [-0.05, 0) is 24.6 Å². The summed E-state index contributed by atoms with van der Waals surface area (Å²) in [6.07, 6.45) is 0.836. The van der Waals surface area contributed by atoms with Crippen molar-refractivity contribution in [2.75, 3.05) is 5.32 Å². The van der Waals surface area contributed by atoms with E-state index in [2.05, 4.69) is 14.7 Å². The van der Waals surface area contributed by atoms with Gasteiger partial charge in [0.1, 0.15) is 11.6 Å². The van der Waals surface area contributed by atoms with Crippen molar-refractivity contribution in [2.24, 2.45) is 0 Å². The molecule has 1 heterocycles. The third-order valence-electron chi connectivity index (χ3n) is 2.49. The summed E-state index contributed by atoms with van der Waals surface area (Å²) < 4.78 is 17.0. The van der Waals surface area contributed by atoms with Gasteiger partial charge in [-0.15, -0.1) is 0 Å². The van der Waals surface area contributed by atoms with E-state index in [4.69, 9.17) is 0 Å². The molecular weight excluding hydrogens is 237 g/mol. The molecular formula is C12H14FN3S. The molecule has 0 bridgehead atoms. The van der Waals surface area contributed by atoms with Gasteiger partial charge in [0.25, 0.3) is 0 Å². The van der Waals surface area contributed by atoms with Gasteiger partial charge in [-0.2, -0.15) is 4.37 Å². The van der Waals surface area contributed by atoms with E-state index in [0.717, 1.165) is 22.9 Å². The lowest BCUT2D eigenvalue weighted by Gasteiger charge is -2.12. The van der Waals surface area contributed by atoms with Gasteiger partial charge in [-0.1, -0.05) is 19.1 Å². The maximum absolute atomic E-state index is 12.8. The second-order valence-electron chi connectivity index (χ2n) is 3.79. The summed E-state index contributed by atoms with van der Waals surface area (Å²) >= 11 is 1.35. The topological polar surface area (TPSA) is 37.8 Å². The zero-order valence-corrected chi connectivity index (χ0v) is 10.6. The highest BCUT2D eigenvalue weighted by atomic mass is 32.1. The van der Waals surface area contributed by atoms with Gasteiger partial charge in [0.15, 0.2) is 0 Å². The summed E-state index contributed by atoms with van der Waals surface area (Å²) in [4.78, 5) is 4.33. The van der Waals surface area contributed by atoms with Gasteiger partial charge in [0, 0.05) is 18.0 Å². The molecule has 0 radical (unpaired) electrons. The molecule has 1 unspecified atom stereocenters. The van der Waals surface area contributed by atoms with Crippen molar-refractivity contribution in [3.05, 3.63) is 41.5 Å². The molecule has 1 N–H and O–H groups in total. The van der Waals surface area contributed by atoms with E-state index in [1.807, 2.05) is 13.8 Å². The predicted molar refractivity (Wildman–Crippen MR) is 67.7 cm³/mol. The number of benzene rings is 1. The molecule has 0 aliphatic carbocycles. The maximum atomic E-state index is 12.8. The number of hydrogen-bond donors (Lipinski definition) is 1. The molecule has 0 spiro atoms. The van der Waals surface area contributed by atoms with Crippen molar-refractivity contribution < 1.29 is 4.39 Å². The Hall–Kier alpha value is -1.49. The zero-order chi connectivity index (χ0) is 12.3. The first-order valence-electron chi connectivity index (χ1n) is 5.53. The van der Waals surface area contributed by atoms with Gasteiger partial charge >= 0.3 is 0 Å². The summed E-state index contributed by atoms with van der Waals surface area (Å²) in [5, 5.41) is 4.06. The van der Waals surface area contributed by atoms with Gasteiger partial charge in [-0.25, -0.2) is 9.37 Å². The quantitative estimate of drug-likeness (QED) is 0.904. The molecule has 0 fully saturated rings. The molecule has 0 saturated carbocycles. The van der Waals surface area contributed by atoms with E-state index in [-0.39, 0.29) is 11.9 Å². The fourth-order valence-electron chi connectivity index (χ4n) is 1.48. The van der Waals surface area contributed by atoms with Crippen LogP contribution in [0.1, 0.15) is 31.3 Å². The van der Waals surface area contributed by atoms with Crippen LogP contribution in [0.25, 0.3) is 0 Å². The van der Waals surface area contributed by atoms with Crippen LogP contribution in [0, 0.1) is 5.82 Å². The number of aryl methyl sites for hydroxylation is 1. The second kappa shape index (κ2) is 5.23. The number of hydrogen-bond acceptors (Lipinski definition) is 4. The van der Waals surface area contributed by atoms with Crippen LogP contribution in [-0.2, 0) is 6.42 Å². The average Bonchev–Trinajstić information content (AvgIpc) is 2.77. The Labute approximate surface area is 104 Å². The van der Waals surface area contributed by atoms with Crippen LogP contribution in [0.2, 0.25) is 0 Å². The normalized spacial score (nSPS) is 12.4. The molecule has 0 saturated heterocycles. The van der Waals surface area contributed by atoms with Crippen LogP contribution in [0.3, 0.4) is 0 Å². The lowest BCUT2D eigenvalue weighted by Crippen LogP contribution is -2.06. The van der Waals surface area contributed by atoms with Crippen LogP contribution in [0.15, 0.2) is 24.3 Å². The third kappa shape index (κ3) is 3.00. The monoisotopic (exact) mass is 251 g/mol. The highest BCUT2D eigenvalue weighted by Gasteiger charge is 2.08. The molecule has 17 heavy (non-hydrogen) atoms. The molecule has 0 amide bonds. The van der Waals surface area contributed by atoms with Crippen LogP contribution < -0.4 is 5.32 Å². The van der Waals surface area contributed by atoms with Gasteiger partial charge in [0.05, 0.1) is 6.04 Å². The Balaban J connectivity index is 2.05. The molecule has 1 aromatic carbocycles. The van der Waals surface area contributed by atoms with E-state index >= 15 is 0 Å². The van der Waals surface area contributed by atoms with Gasteiger partial charge in [0.2, 0.25) is 5.13 Å². The van der Waals surface area contributed by atoms with Crippen LogP contribution in [-0.4, -0.2) is 9.36 Å². The first-order chi connectivity index (χ1) is 8.19. The lowest BCUT2D eigenvalue weighted by molar-refractivity contribution is 0.626. The Morgan fingerprint density at radius 2 is 2.06 bits per heavy atom. The summed E-state index contributed by atoms with van der Waals surface area (Å²) in [5.74, 6) is 0.633. The molecule has 0 aliphatic rings. The van der Waals surface area contributed by atoms with Crippen molar-refractivity contribution in [3.8, 4) is 0 Å². The zero-order valence-electron chi connectivity index (χ0n) is 9.77. The van der Waals surface area contributed by atoms with Crippen LogP contribution >= 0.6 is 11.5 Å². The number of nitrogens with zero attached hydrogens (tertiary/aromatic N) is 2. The van der Waals surface area contributed by atoms with E-state index in [1.54, 1.807) is 12.1 Å². The number of anilines is 1.